The summed E-state index contributed by atoms with van der Waals surface area (Å²) in [4.78, 5) is 57.3. The zero-order valence-electron chi connectivity index (χ0n) is 30.7. The smallest absolute Gasteiger partial charge is 0.408 e. The van der Waals surface area contributed by atoms with Gasteiger partial charge in [-0.1, -0.05) is 62.4 Å². The number of rotatable bonds is 11. The maximum Gasteiger partial charge on any atom is 0.408 e. The molecule has 2 N–H and O–H groups in total. The Morgan fingerprint density at radius 2 is 1.32 bits per heavy atom. The molecule has 3 amide bonds. The maximum absolute atomic E-state index is 14.7. The molecular weight excluding hydrogens is 594 g/mol. The fourth-order valence-electron chi connectivity index (χ4n) is 5.17. The molecule has 2 aromatic carbocycles. The number of amides is 3. The summed E-state index contributed by atoms with van der Waals surface area (Å²) < 4.78 is 11.2. The molecule has 47 heavy (non-hydrogen) atoms. The van der Waals surface area contributed by atoms with Crippen molar-refractivity contribution in [3.05, 3.63) is 70.8 Å². The summed E-state index contributed by atoms with van der Waals surface area (Å²) in [5, 5.41) is 5.74. The first-order valence-electron chi connectivity index (χ1n) is 16.5. The van der Waals surface area contributed by atoms with Crippen LogP contribution < -0.4 is 10.6 Å². The molecule has 0 bridgehead atoms. The number of hydrogen-bond donors (Lipinski definition) is 2. The van der Waals surface area contributed by atoms with Crippen molar-refractivity contribution in [2.24, 2.45) is 5.92 Å². The number of aryl methyl sites for hydroxylation is 2. The van der Waals surface area contributed by atoms with E-state index in [0.717, 1.165) is 16.7 Å². The molecule has 9 heteroatoms. The predicted molar refractivity (Wildman–Crippen MR) is 186 cm³/mol. The monoisotopic (exact) mass is 651 g/mol. The molecule has 0 aromatic heterocycles. The lowest BCUT2D eigenvalue weighted by atomic mass is 9.92. The molecule has 0 saturated carbocycles. The molecule has 2 rings (SSSR count). The van der Waals surface area contributed by atoms with Crippen LogP contribution in [0.3, 0.4) is 0 Å². The Bertz CT molecular complexity index is 1380. The number of carbonyl (C=O) groups excluding carboxylic acids is 4. The molecule has 3 unspecified atom stereocenters. The molecule has 0 aliphatic carbocycles. The molecular formula is C38H57N3O6. The Labute approximate surface area is 282 Å². The van der Waals surface area contributed by atoms with Crippen LogP contribution in [0.15, 0.2) is 48.5 Å². The first-order chi connectivity index (χ1) is 21.5. The average Bonchev–Trinajstić information content (AvgIpc) is 2.89. The second-order valence-corrected chi connectivity index (χ2v) is 15.7. The molecule has 260 valence electrons. The van der Waals surface area contributed by atoms with Gasteiger partial charge in [-0.05, 0) is 111 Å². The fourth-order valence-corrected chi connectivity index (χ4v) is 5.17. The van der Waals surface area contributed by atoms with E-state index in [1.807, 2.05) is 97.0 Å². The Morgan fingerprint density at radius 1 is 0.745 bits per heavy atom. The normalized spacial score (nSPS) is 14.1. The highest BCUT2D eigenvalue weighted by atomic mass is 16.6. The van der Waals surface area contributed by atoms with E-state index >= 15 is 0 Å². The molecule has 0 spiro atoms. The highest BCUT2D eigenvalue weighted by Gasteiger charge is 2.43. The summed E-state index contributed by atoms with van der Waals surface area (Å²) in [6.45, 7) is 24.0. The number of benzene rings is 2. The van der Waals surface area contributed by atoms with Crippen LogP contribution in [0.4, 0.5) is 4.79 Å². The molecule has 0 saturated heterocycles. The highest BCUT2D eigenvalue weighted by molar-refractivity contribution is 5.94. The van der Waals surface area contributed by atoms with Crippen molar-refractivity contribution in [1.29, 1.82) is 0 Å². The number of alkyl carbamates (subject to hydrolysis) is 1. The largest absolute Gasteiger partial charge is 0.458 e. The van der Waals surface area contributed by atoms with E-state index in [1.54, 1.807) is 41.5 Å². The van der Waals surface area contributed by atoms with Crippen LogP contribution in [0.2, 0.25) is 0 Å². The SMILES string of the molecule is Cc1ccc(C(C(=O)NC(Cc2ccccc2)C(=O)OC(C)(C)C)N(C(=O)C(CC(C)C)NC(=O)OC(C)(C)C)C(C)(C)C)cc1C. The van der Waals surface area contributed by atoms with Crippen LogP contribution in [0.25, 0.3) is 0 Å². The molecule has 0 aliphatic rings. The van der Waals surface area contributed by atoms with Gasteiger partial charge in [0, 0.05) is 12.0 Å². The van der Waals surface area contributed by atoms with Crippen LogP contribution in [0.5, 0.6) is 0 Å². The molecule has 3 atom stereocenters. The van der Waals surface area contributed by atoms with Crippen molar-refractivity contribution in [2.75, 3.05) is 0 Å². The van der Waals surface area contributed by atoms with E-state index < -0.39 is 58.7 Å². The first-order valence-corrected chi connectivity index (χ1v) is 16.5. The highest BCUT2D eigenvalue weighted by Crippen LogP contribution is 2.32. The van der Waals surface area contributed by atoms with Crippen LogP contribution in [0, 0.1) is 19.8 Å². The van der Waals surface area contributed by atoms with Crippen molar-refractivity contribution in [2.45, 2.75) is 138 Å². The van der Waals surface area contributed by atoms with Gasteiger partial charge in [-0.25, -0.2) is 9.59 Å². The van der Waals surface area contributed by atoms with Crippen molar-refractivity contribution in [3.8, 4) is 0 Å². The van der Waals surface area contributed by atoms with Crippen molar-refractivity contribution < 1.29 is 28.7 Å². The standard InChI is InChI=1S/C38H57N3O6/c1-24(2)21-29(40-35(45)47-38(11,12)13)33(43)41(36(5,6)7)31(28-20-19-25(3)26(4)22-28)32(42)39-30(34(44)46-37(8,9)10)23-27-17-15-14-16-18-27/h14-20,22,24,29-31H,21,23H2,1-13H3,(H,39,42)(H,40,45). The molecule has 0 radical (unpaired) electrons. The Kier molecular flexibility index (Phi) is 13.2. The number of carbonyl (C=O) groups is 4. The molecule has 0 aliphatic heterocycles. The van der Waals surface area contributed by atoms with Crippen molar-refractivity contribution in [3.63, 3.8) is 0 Å². The number of ether oxygens (including phenoxy) is 2. The maximum atomic E-state index is 14.7. The predicted octanol–water partition coefficient (Wildman–Crippen LogP) is 6.98. The van der Waals surface area contributed by atoms with Gasteiger partial charge in [-0.3, -0.25) is 9.59 Å². The van der Waals surface area contributed by atoms with Gasteiger partial charge in [0.2, 0.25) is 11.8 Å². The first kappa shape index (κ1) is 39.3. The summed E-state index contributed by atoms with van der Waals surface area (Å²) >= 11 is 0. The summed E-state index contributed by atoms with van der Waals surface area (Å²) in [5.41, 5.74) is 0.960. The Hall–Kier alpha value is -3.88. The number of esters is 1. The van der Waals surface area contributed by atoms with E-state index in [2.05, 4.69) is 10.6 Å². The molecule has 9 nitrogen and oxygen atoms in total. The fraction of sp³-hybridized carbons (Fsp3) is 0.579. The molecule has 0 fully saturated rings. The lowest BCUT2D eigenvalue weighted by molar-refractivity contribution is -0.159. The lowest BCUT2D eigenvalue weighted by Crippen LogP contribution is -2.60. The Morgan fingerprint density at radius 3 is 1.81 bits per heavy atom. The van der Waals surface area contributed by atoms with E-state index in [4.69, 9.17) is 9.47 Å². The van der Waals surface area contributed by atoms with Crippen LogP contribution in [-0.2, 0) is 30.3 Å². The van der Waals surface area contributed by atoms with Gasteiger partial charge in [0.15, 0.2) is 0 Å². The third kappa shape index (κ3) is 12.7. The van der Waals surface area contributed by atoms with Crippen molar-refractivity contribution in [1.82, 2.24) is 15.5 Å². The van der Waals surface area contributed by atoms with Crippen LogP contribution in [-0.4, -0.2) is 57.6 Å². The molecule has 0 heterocycles. The quantitative estimate of drug-likeness (QED) is 0.254. The number of nitrogens with one attached hydrogen (secondary N) is 2. The zero-order chi connectivity index (χ0) is 35.9. The van der Waals surface area contributed by atoms with Crippen molar-refractivity contribution >= 4 is 23.9 Å². The Balaban J connectivity index is 2.70. The van der Waals surface area contributed by atoms with Gasteiger partial charge < -0.3 is 25.0 Å². The average molecular weight is 652 g/mol. The van der Waals surface area contributed by atoms with Gasteiger partial charge in [0.05, 0.1) is 0 Å². The number of nitrogens with zero attached hydrogens (tertiary/aromatic N) is 1. The van der Waals surface area contributed by atoms with E-state index in [1.165, 1.54) is 4.90 Å². The van der Waals surface area contributed by atoms with E-state index in [0.29, 0.717) is 12.0 Å². The van der Waals surface area contributed by atoms with Gasteiger partial charge in [0.1, 0.15) is 29.3 Å². The summed E-state index contributed by atoms with van der Waals surface area (Å²) in [6, 6.07) is 11.9. The second kappa shape index (κ2) is 15.8. The zero-order valence-corrected chi connectivity index (χ0v) is 30.7. The van der Waals surface area contributed by atoms with Gasteiger partial charge >= 0.3 is 12.1 Å². The van der Waals surface area contributed by atoms with Gasteiger partial charge in [-0.2, -0.15) is 0 Å². The van der Waals surface area contributed by atoms with Gasteiger partial charge in [0.25, 0.3) is 0 Å². The third-order valence-corrected chi connectivity index (χ3v) is 7.30. The summed E-state index contributed by atoms with van der Waals surface area (Å²) in [5.74, 6) is -1.51. The topological polar surface area (TPSA) is 114 Å². The van der Waals surface area contributed by atoms with Crippen LogP contribution >= 0.6 is 0 Å². The lowest BCUT2D eigenvalue weighted by Gasteiger charge is -2.43. The molecule has 2 aromatic rings. The minimum absolute atomic E-state index is 0.0389. The minimum Gasteiger partial charge on any atom is -0.458 e. The second-order valence-electron chi connectivity index (χ2n) is 15.7. The number of hydrogen-bond acceptors (Lipinski definition) is 6. The van der Waals surface area contributed by atoms with E-state index in [-0.39, 0.29) is 12.3 Å². The third-order valence-electron chi connectivity index (χ3n) is 7.30. The van der Waals surface area contributed by atoms with E-state index in [9.17, 15) is 19.2 Å². The van der Waals surface area contributed by atoms with Crippen LogP contribution in [0.1, 0.15) is 111 Å². The van der Waals surface area contributed by atoms with Gasteiger partial charge in [-0.15, -0.1) is 0 Å². The minimum atomic E-state index is -1.14. The summed E-state index contributed by atoms with van der Waals surface area (Å²) in [6.07, 6.45) is -0.202. The summed E-state index contributed by atoms with van der Waals surface area (Å²) in [7, 11) is 0.